The molecule has 2 saturated heterocycles. The summed E-state index contributed by atoms with van der Waals surface area (Å²) < 4.78 is 10.6. The minimum absolute atomic E-state index is 0.173. The van der Waals surface area contributed by atoms with E-state index >= 15 is 0 Å². The third kappa shape index (κ3) is 2.36. The Labute approximate surface area is 122 Å². The van der Waals surface area contributed by atoms with Crippen LogP contribution in [0.25, 0.3) is 0 Å². The van der Waals surface area contributed by atoms with Crippen LogP contribution in [0.2, 0.25) is 0 Å². The van der Waals surface area contributed by atoms with Gasteiger partial charge in [0, 0.05) is 32.0 Å². The molecule has 0 saturated carbocycles. The quantitative estimate of drug-likeness (QED) is 0.825. The Morgan fingerprint density at radius 1 is 1.43 bits per heavy atom. The predicted octanol–water partition coefficient (Wildman–Crippen LogP) is 1.46. The lowest BCUT2D eigenvalue weighted by molar-refractivity contribution is 0.0548. The lowest BCUT2D eigenvalue weighted by atomic mass is 10.0. The molecule has 0 aliphatic carbocycles. The van der Waals surface area contributed by atoms with Crippen molar-refractivity contribution >= 4 is 12.0 Å². The van der Waals surface area contributed by atoms with Crippen molar-refractivity contribution in [3.8, 4) is 0 Å². The topological polar surface area (TPSA) is 75.9 Å². The van der Waals surface area contributed by atoms with Gasteiger partial charge in [0.1, 0.15) is 5.76 Å². The molecule has 0 N–H and O–H groups in total. The van der Waals surface area contributed by atoms with Gasteiger partial charge in [0.25, 0.3) is 5.91 Å². The number of hydrogen-bond acceptors (Lipinski definition) is 5. The minimum atomic E-state index is -0.563. The molecule has 7 nitrogen and oxygen atoms in total. The predicted molar refractivity (Wildman–Crippen MR) is 73.0 cm³/mol. The van der Waals surface area contributed by atoms with Crippen LogP contribution >= 0.6 is 0 Å². The Hall–Kier alpha value is -2.05. The van der Waals surface area contributed by atoms with Gasteiger partial charge in [0.2, 0.25) is 0 Å². The van der Waals surface area contributed by atoms with Crippen LogP contribution < -0.4 is 0 Å². The standard InChI is InChI=1S/C14H19N3O4/c1-9(2)11-6-10(15-21-11)12(18)17-5-4-14(8-17)7-16(3)13(19)20-14/h6,9H,4-5,7-8H2,1-3H3/t14-/m0/s1. The molecule has 0 unspecified atom stereocenters. The van der Waals surface area contributed by atoms with Gasteiger partial charge in [-0.2, -0.15) is 0 Å². The van der Waals surface area contributed by atoms with E-state index < -0.39 is 5.60 Å². The van der Waals surface area contributed by atoms with Crippen molar-refractivity contribution in [1.82, 2.24) is 15.0 Å². The molecule has 3 heterocycles. The van der Waals surface area contributed by atoms with Crippen LogP contribution in [0.15, 0.2) is 10.6 Å². The van der Waals surface area contributed by atoms with E-state index in [1.54, 1.807) is 22.9 Å². The Bertz CT molecular complexity index is 583. The van der Waals surface area contributed by atoms with Gasteiger partial charge in [-0.1, -0.05) is 19.0 Å². The highest BCUT2D eigenvalue weighted by atomic mass is 16.6. The van der Waals surface area contributed by atoms with Crippen molar-refractivity contribution in [3.63, 3.8) is 0 Å². The highest BCUT2D eigenvalue weighted by Crippen LogP contribution is 2.32. The number of carbonyl (C=O) groups is 2. The first-order chi connectivity index (χ1) is 9.90. The summed E-state index contributed by atoms with van der Waals surface area (Å²) in [6.45, 7) is 5.45. The van der Waals surface area contributed by atoms with Crippen molar-refractivity contribution < 1.29 is 18.8 Å². The van der Waals surface area contributed by atoms with Crippen LogP contribution in [-0.2, 0) is 4.74 Å². The van der Waals surface area contributed by atoms with Crippen molar-refractivity contribution in [2.75, 3.05) is 26.7 Å². The molecule has 114 valence electrons. The second-order valence-corrected chi connectivity index (χ2v) is 6.15. The molecule has 0 radical (unpaired) electrons. The second-order valence-electron chi connectivity index (χ2n) is 6.15. The molecule has 2 amide bonds. The van der Waals surface area contributed by atoms with Crippen molar-refractivity contribution in [3.05, 3.63) is 17.5 Å². The summed E-state index contributed by atoms with van der Waals surface area (Å²) in [5, 5.41) is 3.84. The van der Waals surface area contributed by atoms with Gasteiger partial charge in [-0.15, -0.1) is 0 Å². The van der Waals surface area contributed by atoms with Crippen molar-refractivity contribution in [1.29, 1.82) is 0 Å². The smallest absolute Gasteiger partial charge is 0.410 e. The maximum atomic E-state index is 12.4. The van der Waals surface area contributed by atoms with Crippen molar-refractivity contribution in [2.45, 2.75) is 31.8 Å². The van der Waals surface area contributed by atoms with Crippen LogP contribution in [0.4, 0.5) is 4.79 Å². The number of nitrogens with zero attached hydrogens (tertiary/aromatic N) is 3. The fourth-order valence-electron chi connectivity index (χ4n) is 2.85. The van der Waals surface area contributed by atoms with E-state index in [-0.39, 0.29) is 17.9 Å². The lowest BCUT2D eigenvalue weighted by Crippen LogP contribution is -2.39. The zero-order valence-corrected chi connectivity index (χ0v) is 12.5. The van der Waals surface area contributed by atoms with E-state index in [2.05, 4.69) is 5.16 Å². The molecule has 2 aliphatic rings. The molecule has 1 aromatic heterocycles. The monoisotopic (exact) mass is 293 g/mol. The normalized spacial score (nSPS) is 25.2. The molecule has 2 aliphatic heterocycles. The van der Waals surface area contributed by atoms with E-state index in [0.29, 0.717) is 37.5 Å². The van der Waals surface area contributed by atoms with E-state index in [0.717, 1.165) is 0 Å². The molecule has 2 fully saturated rings. The number of amides is 2. The van der Waals surface area contributed by atoms with Gasteiger partial charge >= 0.3 is 6.09 Å². The number of aromatic nitrogens is 1. The largest absolute Gasteiger partial charge is 0.439 e. The zero-order valence-electron chi connectivity index (χ0n) is 12.5. The van der Waals surface area contributed by atoms with Gasteiger partial charge < -0.3 is 19.1 Å². The van der Waals surface area contributed by atoms with Gasteiger partial charge in [0.05, 0.1) is 13.1 Å². The van der Waals surface area contributed by atoms with E-state index in [4.69, 9.17) is 9.26 Å². The molecule has 0 bridgehead atoms. The van der Waals surface area contributed by atoms with Gasteiger partial charge in [-0.25, -0.2) is 4.79 Å². The summed E-state index contributed by atoms with van der Waals surface area (Å²) in [5.41, 5.74) is -0.250. The minimum Gasteiger partial charge on any atom is -0.439 e. The van der Waals surface area contributed by atoms with Crippen LogP contribution in [0.1, 0.15) is 42.4 Å². The fraction of sp³-hybridized carbons (Fsp3) is 0.643. The highest BCUT2D eigenvalue weighted by molar-refractivity contribution is 5.92. The third-order valence-electron chi connectivity index (χ3n) is 4.06. The van der Waals surface area contributed by atoms with Crippen molar-refractivity contribution in [2.24, 2.45) is 0 Å². The first kappa shape index (κ1) is 13.9. The van der Waals surface area contributed by atoms with E-state index in [1.807, 2.05) is 13.8 Å². The molecular weight excluding hydrogens is 274 g/mol. The van der Waals surface area contributed by atoms with Crippen LogP contribution in [0, 0.1) is 0 Å². The maximum Gasteiger partial charge on any atom is 0.410 e. The molecular formula is C14H19N3O4. The average Bonchev–Trinajstić information content (AvgIpc) is 3.10. The highest BCUT2D eigenvalue weighted by Gasteiger charge is 2.49. The fourth-order valence-corrected chi connectivity index (χ4v) is 2.85. The molecule has 7 heteroatoms. The Morgan fingerprint density at radius 2 is 2.19 bits per heavy atom. The summed E-state index contributed by atoms with van der Waals surface area (Å²) >= 11 is 0. The van der Waals surface area contributed by atoms with E-state index in [1.165, 1.54) is 0 Å². The van der Waals surface area contributed by atoms with E-state index in [9.17, 15) is 9.59 Å². The number of ether oxygens (including phenoxy) is 1. The molecule has 3 rings (SSSR count). The van der Waals surface area contributed by atoms with Gasteiger partial charge in [0.15, 0.2) is 11.3 Å². The van der Waals surface area contributed by atoms with Crippen LogP contribution in [-0.4, -0.2) is 59.2 Å². The Kier molecular flexibility index (Phi) is 3.15. The SMILES string of the molecule is CC(C)c1cc(C(=O)N2CC[C@]3(CN(C)C(=O)O3)C2)no1. The second kappa shape index (κ2) is 4.75. The third-order valence-corrected chi connectivity index (χ3v) is 4.06. The lowest BCUT2D eigenvalue weighted by Gasteiger charge is -2.21. The molecule has 1 spiro atoms. The Balaban J connectivity index is 1.71. The first-order valence-corrected chi connectivity index (χ1v) is 7.10. The molecule has 1 aromatic rings. The zero-order chi connectivity index (χ0) is 15.2. The molecule has 1 atom stereocenters. The summed E-state index contributed by atoms with van der Waals surface area (Å²) in [6.07, 6.45) is 0.330. The van der Waals surface area contributed by atoms with Crippen LogP contribution in [0.5, 0.6) is 0 Å². The first-order valence-electron chi connectivity index (χ1n) is 7.10. The summed E-state index contributed by atoms with van der Waals surface area (Å²) in [5.74, 6) is 0.709. The summed E-state index contributed by atoms with van der Waals surface area (Å²) in [7, 11) is 1.70. The average molecular weight is 293 g/mol. The summed E-state index contributed by atoms with van der Waals surface area (Å²) in [4.78, 5) is 27.2. The number of hydrogen-bond donors (Lipinski definition) is 0. The number of carbonyl (C=O) groups excluding carboxylic acids is 2. The van der Waals surface area contributed by atoms with Gasteiger partial charge in [-0.3, -0.25) is 4.79 Å². The Morgan fingerprint density at radius 3 is 2.76 bits per heavy atom. The van der Waals surface area contributed by atoms with Crippen LogP contribution in [0.3, 0.4) is 0 Å². The molecule has 21 heavy (non-hydrogen) atoms. The molecule has 0 aromatic carbocycles. The number of likely N-dealkylation sites (N-methyl/N-ethyl adjacent to an activating group) is 1. The van der Waals surface area contributed by atoms with Gasteiger partial charge in [-0.05, 0) is 0 Å². The maximum absolute atomic E-state index is 12.4. The number of rotatable bonds is 2. The summed E-state index contributed by atoms with van der Waals surface area (Å²) in [6, 6.07) is 1.69. The number of likely N-dealkylation sites (tertiary alicyclic amines) is 1.